The first-order chi connectivity index (χ1) is 9.93. The number of hydrogen-bond acceptors (Lipinski definition) is 6. The molecule has 0 aliphatic carbocycles. The number of rotatable bonds is 4. The Hall–Kier alpha value is -2.97. The van der Waals surface area contributed by atoms with Gasteiger partial charge in [0, 0.05) is 26.0 Å². The number of anilines is 1. The molecule has 2 aromatic heterocycles. The Bertz CT molecular complexity index is 808. The van der Waals surface area contributed by atoms with Crippen LogP contribution in [0.1, 0.15) is 5.69 Å². The quantitative estimate of drug-likeness (QED) is 0.624. The molecule has 0 radical (unpaired) electrons. The number of aryl methyl sites for hydroxylation is 1. The van der Waals surface area contributed by atoms with Crippen molar-refractivity contribution < 1.29 is 4.92 Å². The Kier molecular flexibility index (Phi) is 3.83. The lowest BCUT2D eigenvalue weighted by atomic mass is 10.3. The molecular formula is C12H13N5O4. The van der Waals surface area contributed by atoms with Gasteiger partial charge in [-0.2, -0.15) is 0 Å². The standard InChI is InChI=1S/C12H13N5O4/c1-13-8-3-4-14-9(5-8)6-16-11(18)10(17(20)21)7-15(2)12(16)19/h3-5,7H,6H2,1-2H3,(H,13,14). The maximum absolute atomic E-state index is 12.0. The molecule has 1 N–H and O–H groups in total. The molecule has 0 atom stereocenters. The number of hydrogen-bond donors (Lipinski definition) is 1. The van der Waals surface area contributed by atoms with Crippen LogP contribution >= 0.6 is 0 Å². The van der Waals surface area contributed by atoms with Gasteiger partial charge < -0.3 is 5.32 Å². The maximum atomic E-state index is 12.0. The Morgan fingerprint density at radius 2 is 2.14 bits per heavy atom. The molecule has 0 fully saturated rings. The predicted octanol–water partition coefficient (Wildman–Crippen LogP) is -0.0598. The van der Waals surface area contributed by atoms with Gasteiger partial charge in [0.25, 0.3) is 0 Å². The van der Waals surface area contributed by atoms with Gasteiger partial charge in [-0.05, 0) is 12.1 Å². The van der Waals surface area contributed by atoms with E-state index in [-0.39, 0.29) is 6.54 Å². The van der Waals surface area contributed by atoms with Crippen molar-refractivity contribution in [1.29, 1.82) is 0 Å². The van der Waals surface area contributed by atoms with Crippen LogP contribution in [0.25, 0.3) is 0 Å². The van der Waals surface area contributed by atoms with Gasteiger partial charge in [-0.25, -0.2) is 9.36 Å². The number of nitro groups is 1. The first kappa shape index (κ1) is 14.4. The Morgan fingerprint density at radius 3 is 2.76 bits per heavy atom. The highest BCUT2D eigenvalue weighted by Gasteiger charge is 2.19. The van der Waals surface area contributed by atoms with E-state index in [1.807, 2.05) is 0 Å². The van der Waals surface area contributed by atoms with Crippen LogP contribution in [0.5, 0.6) is 0 Å². The molecule has 0 bridgehead atoms. The summed E-state index contributed by atoms with van der Waals surface area (Å²) in [5.74, 6) is 0. The molecule has 0 saturated heterocycles. The van der Waals surface area contributed by atoms with Crippen LogP contribution in [-0.2, 0) is 13.6 Å². The molecule has 2 rings (SSSR count). The monoisotopic (exact) mass is 291 g/mol. The van der Waals surface area contributed by atoms with Crippen molar-refractivity contribution >= 4 is 11.4 Å². The molecule has 0 aromatic carbocycles. The van der Waals surface area contributed by atoms with Gasteiger partial charge in [-0.1, -0.05) is 0 Å². The number of aromatic nitrogens is 3. The molecule has 21 heavy (non-hydrogen) atoms. The van der Waals surface area contributed by atoms with E-state index in [0.717, 1.165) is 21.0 Å². The van der Waals surface area contributed by atoms with E-state index >= 15 is 0 Å². The molecule has 2 heterocycles. The van der Waals surface area contributed by atoms with E-state index in [0.29, 0.717) is 5.69 Å². The fraction of sp³-hybridized carbons (Fsp3) is 0.250. The molecule has 0 unspecified atom stereocenters. The first-order valence-corrected chi connectivity index (χ1v) is 6.01. The molecule has 9 heteroatoms. The van der Waals surface area contributed by atoms with Gasteiger partial charge in [0.1, 0.15) is 0 Å². The summed E-state index contributed by atoms with van der Waals surface area (Å²) in [6.45, 7) is -0.136. The number of nitrogens with zero attached hydrogens (tertiary/aromatic N) is 4. The second-order valence-electron chi connectivity index (χ2n) is 4.34. The smallest absolute Gasteiger partial charge is 0.350 e. The highest BCUT2D eigenvalue weighted by molar-refractivity contribution is 5.42. The Balaban J connectivity index is 2.56. The molecule has 0 aliphatic rings. The lowest BCUT2D eigenvalue weighted by molar-refractivity contribution is -0.387. The third kappa shape index (κ3) is 2.81. The van der Waals surface area contributed by atoms with Gasteiger partial charge in [0.05, 0.1) is 23.4 Å². The van der Waals surface area contributed by atoms with Crippen LogP contribution in [0.4, 0.5) is 11.4 Å². The van der Waals surface area contributed by atoms with E-state index in [2.05, 4.69) is 10.3 Å². The summed E-state index contributed by atoms with van der Waals surface area (Å²) < 4.78 is 1.79. The van der Waals surface area contributed by atoms with Gasteiger partial charge in [-0.3, -0.25) is 24.5 Å². The minimum absolute atomic E-state index is 0.136. The zero-order valence-corrected chi connectivity index (χ0v) is 11.4. The fourth-order valence-corrected chi connectivity index (χ4v) is 1.86. The predicted molar refractivity (Wildman–Crippen MR) is 75.5 cm³/mol. The van der Waals surface area contributed by atoms with E-state index in [9.17, 15) is 19.7 Å². The summed E-state index contributed by atoms with van der Waals surface area (Å²) in [5, 5.41) is 13.7. The van der Waals surface area contributed by atoms with Crippen LogP contribution in [-0.4, -0.2) is 26.1 Å². The van der Waals surface area contributed by atoms with E-state index in [4.69, 9.17) is 0 Å². The highest BCUT2D eigenvalue weighted by Crippen LogP contribution is 2.07. The summed E-state index contributed by atoms with van der Waals surface area (Å²) in [6.07, 6.45) is 2.44. The third-order valence-electron chi connectivity index (χ3n) is 2.93. The van der Waals surface area contributed by atoms with Gasteiger partial charge in [-0.15, -0.1) is 0 Å². The molecule has 2 aromatic rings. The van der Waals surface area contributed by atoms with Crippen LogP contribution in [0, 0.1) is 10.1 Å². The lowest BCUT2D eigenvalue weighted by Crippen LogP contribution is -2.39. The van der Waals surface area contributed by atoms with Crippen molar-refractivity contribution in [2.75, 3.05) is 12.4 Å². The van der Waals surface area contributed by atoms with Gasteiger partial charge in [0.2, 0.25) is 0 Å². The van der Waals surface area contributed by atoms with Crippen molar-refractivity contribution in [3.8, 4) is 0 Å². The maximum Gasteiger partial charge on any atom is 0.350 e. The van der Waals surface area contributed by atoms with E-state index < -0.39 is 21.9 Å². The van der Waals surface area contributed by atoms with Crippen LogP contribution < -0.4 is 16.6 Å². The van der Waals surface area contributed by atoms with Crippen LogP contribution in [0.3, 0.4) is 0 Å². The minimum atomic E-state index is -0.945. The summed E-state index contributed by atoms with van der Waals surface area (Å²) in [5.41, 5.74) is -1.03. The fourth-order valence-electron chi connectivity index (χ4n) is 1.86. The summed E-state index contributed by atoms with van der Waals surface area (Å²) in [6, 6.07) is 3.38. The minimum Gasteiger partial charge on any atom is -0.388 e. The van der Waals surface area contributed by atoms with Crippen LogP contribution in [0.2, 0.25) is 0 Å². The Morgan fingerprint density at radius 1 is 1.43 bits per heavy atom. The molecule has 0 saturated carbocycles. The Labute approximate surface area is 118 Å². The molecule has 0 spiro atoms. The van der Waals surface area contributed by atoms with Gasteiger partial charge >= 0.3 is 16.9 Å². The summed E-state index contributed by atoms with van der Waals surface area (Å²) in [7, 11) is 3.07. The first-order valence-electron chi connectivity index (χ1n) is 6.01. The average molecular weight is 291 g/mol. The molecule has 0 aliphatic heterocycles. The molecule has 0 amide bonds. The SMILES string of the molecule is CNc1ccnc(Cn2c(=O)c([N+](=O)[O-])cn(C)c2=O)c1. The van der Waals surface area contributed by atoms with Crippen molar-refractivity contribution in [2.24, 2.45) is 7.05 Å². The van der Waals surface area contributed by atoms with Crippen molar-refractivity contribution in [1.82, 2.24) is 14.1 Å². The van der Waals surface area contributed by atoms with Crippen molar-refractivity contribution in [2.45, 2.75) is 6.54 Å². The zero-order valence-electron chi connectivity index (χ0n) is 11.4. The van der Waals surface area contributed by atoms with E-state index in [1.54, 1.807) is 19.2 Å². The number of pyridine rings is 1. The van der Waals surface area contributed by atoms with E-state index in [1.165, 1.54) is 13.2 Å². The summed E-state index contributed by atoms with van der Waals surface area (Å²) in [4.78, 5) is 38.1. The van der Waals surface area contributed by atoms with Gasteiger partial charge in [0.15, 0.2) is 0 Å². The van der Waals surface area contributed by atoms with Crippen LogP contribution in [0.15, 0.2) is 34.1 Å². The highest BCUT2D eigenvalue weighted by atomic mass is 16.6. The van der Waals surface area contributed by atoms with Crippen molar-refractivity contribution in [3.05, 3.63) is 61.2 Å². The van der Waals surface area contributed by atoms with Crippen molar-refractivity contribution in [3.63, 3.8) is 0 Å². The molecule has 9 nitrogen and oxygen atoms in total. The molecule has 110 valence electrons. The number of nitrogens with one attached hydrogen (secondary N) is 1. The largest absolute Gasteiger partial charge is 0.388 e. The third-order valence-corrected chi connectivity index (χ3v) is 2.93. The zero-order chi connectivity index (χ0) is 15.6. The second-order valence-corrected chi connectivity index (χ2v) is 4.34. The normalized spacial score (nSPS) is 10.4. The molecular weight excluding hydrogens is 278 g/mol. The second kappa shape index (κ2) is 5.57. The summed E-state index contributed by atoms with van der Waals surface area (Å²) >= 11 is 0. The topological polar surface area (TPSA) is 112 Å². The average Bonchev–Trinajstić information content (AvgIpc) is 2.47. The lowest BCUT2D eigenvalue weighted by Gasteiger charge is -2.07.